The van der Waals surface area contributed by atoms with Crippen molar-refractivity contribution in [2.24, 2.45) is 11.7 Å². The van der Waals surface area contributed by atoms with Crippen LogP contribution in [-0.2, 0) is 4.79 Å². The Morgan fingerprint density at radius 3 is 2.74 bits per heavy atom. The molecule has 5 heteroatoms. The highest BCUT2D eigenvalue weighted by Crippen LogP contribution is 2.28. The Hall–Kier alpha value is -1.26. The molecule has 0 spiro atoms. The van der Waals surface area contributed by atoms with Gasteiger partial charge in [0.05, 0.1) is 11.4 Å². The lowest BCUT2D eigenvalue weighted by Gasteiger charge is -2.18. The summed E-state index contributed by atoms with van der Waals surface area (Å²) in [5, 5.41) is 3.51. The molecule has 106 valence electrons. The topological polar surface area (TPSA) is 58.4 Å². The van der Waals surface area contributed by atoms with Crippen molar-refractivity contribution in [2.75, 3.05) is 30.9 Å². The van der Waals surface area contributed by atoms with Crippen LogP contribution in [0.5, 0.6) is 0 Å². The molecule has 0 aliphatic carbocycles. The quantitative estimate of drug-likeness (QED) is 0.844. The molecular formula is C14H22ClN3O. The van der Waals surface area contributed by atoms with E-state index in [-0.39, 0.29) is 5.91 Å². The Balaban J connectivity index is 2.70. The summed E-state index contributed by atoms with van der Waals surface area (Å²) in [4.78, 5) is 13.8. The Kier molecular flexibility index (Phi) is 6.12. The third-order valence-electron chi connectivity index (χ3n) is 2.98. The van der Waals surface area contributed by atoms with Gasteiger partial charge in [0.15, 0.2) is 0 Å². The van der Waals surface area contributed by atoms with Crippen LogP contribution in [0.3, 0.4) is 0 Å². The lowest BCUT2D eigenvalue weighted by molar-refractivity contribution is -0.116. The zero-order valence-electron chi connectivity index (χ0n) is 11.7. The van der Waals surface area contributed by atoms with Crippen molar-refractivity contribution in [3.05, 3.63) is 23.2 Å². The number of halogens is 1. The molecule has 19 heavy (non-hydrogen) atoms. The molecule has 4 nitrogen and oxygen atoms in total. The number of hydrogen-bond acceptors (Lipinski definition) is 3. The Bertz CT molecular complexity index is 435. The summed E-state index contributed by atoms with van der Waals surface area (Å²) in [5.74, 6) is 0.351. The van der Waals surface area contributed by atoms with Gasteiger partial charge in [-0.25, -0.2) is 0 Å². The minimum Gasteiger partial charge on any atom is -0.376 e. The summed E-state index contributed by atoms with van der Waals surface area (Å²) in [6, 6.07) is 5.46. The molecule has 3 N–H and O–H groups in total. The van der Waals surface area contributed by atoms with Crippen molar-refractivity contribution in [3.8, 4) is 0 Å². The van der Waals surface area contributed by atoms with Gasteiger partial charge in [-0.05, 0) is 37.1 Å². The van der Waals surface area contributed by atoms with Gasteiger partial charge in [-0.15, -0.1) is 0 Å². The van der Waals surface area contributed by atoms with Gasteiger partial charge in [0.1, 0.15) is 0 Å². The SMILES string of the molecule is CC(CN)CCC(=O)Nc1cc(Cl)ccc1N(C)C. The number of amides is 1. The number of anilines is 2. The minimum atomic E-state index is -0.00864. The first-order chi connectivity index (χ1) is 8.93. The standard InChI is InChI=1S/C14H22ClN3O/c1-10(9-16)4-7-14(19)17-12-8-11(15)5-6-13(12)18(2)3/h5-6,8,10H,4,7,9,16H2,1-3H3,(H,17,19). The van der Waals surface area contributed by atoms with Crippen LogP contribution < -0.4 is 16.0 Å². The number of nitrogens with one attached hydrogen (secondary N) is 1. The van der Waals surface area contributed by atoms with Gasteiger partial charge in [-0.2, -0.15) is 0 Å². The molecule has 1 aromatic rings. The van der Waals surface area contributed by atoms with E-state index in [0.717, 1.165) is 17.8 Å². The second kappa shape index (κ2) is 7.36. The normalized spacial score (nSPS) is 12.1. The fourth-order valence-electron chi connectivity index (χ4n) is 1.71. The molecule has 0 aliphatic rings. The maximum atomic E-state index is 11.9. The van der Waals surface area contributed by atoms with Crippen LogP contribution in [0.25, 0.3) is 0 Å². The molecule has 0 saturated carbocycles. The molecule has 0 aliphatic heterocycles. The van der Waals surface area contributed by atoms with Crippen molar-refractivity contribution in [2.45, 2.75) is 19.8 Å². The molecule has 0 radical (unpaired) electrons. The first kappa shape index (κ1) is 15.8. The number of rotatable bonds is 6. The largest absolute Gasteiger partial charge is 0.376 e. The van der Waals surface area contributed by atoms with Gasteiger partial charge < -0.3 is 16.0 Å². The van der Waals surface area contributed by atoms with E-state index in [4.69, 9.17) is 17.3 Å². The van der Waals surface area contributed by atoms with E-state index in [0.29, 0.717) is 23.9 Å². The number of nitrogens with two attached hydrogens (primary N) is 1. The highest BCUT2D eigenvalue weighted by Gasteiger charge is 2.10. The van der Waals surface area contributed by atoms with E-state index in [2.05, 4.69) is 5.32 Å². The van der Waals surface area contributed by atoms with E-state index in [1.165, 1.54) is 0 Å². The van der Waals surface area contributed by atoms with Gasteiger partial charge in [-0.3, -0.25) is 4.79 Å². The molecule has 0 heterocycles. The molecule has 0 bridgehead atoms. The van der Waals surface area contributed by atoms with Crippen LogP contribution in [0.1, 0.15) is 19.8 Å². The van der Waals surface area contributed by atoms with Crippen LogP contribution in [0.15, 0.2) is 18.2 Å². The summed E-state index contributed by atoms with van der Waals surface area (Å²) in [7, 11) is 3.85. The van der Waals surface area contributed by atoms with Gasteiger partial charge in [0.25, 0.3) is 0 Å². The Labute approximate surface area is 119 Å². The predicted octanol–water partition coefficient (Wildman–Crippen LogP) is 2.72. The highest BCUT2D eigenvalue weighted by atomic mass is 35.5. The average molecular weight is 284 g/mol. The molecule has 1 unspecified atom stereocenters. The van der Waals surface area contributed by atoms with Crippen LogP contribution in [0.2, 0.25) is 5.02 Å². The molecule has 1 rings (SSSR count). The molecule has 1 amide bonds. The number of nitrogens with zero attached hydrogens (tertiary/aromatic N) is 1. The molecule has 1 atom stereocenters. The van der Waals surface area contributed by atoms with Gasteiger partial charge in [0.2, 0.25) is 5.91 Å². The number of carbonyl (C=O) groups excluding carboxylic acids is 1. The first-order valence-electron chi connectivity index (χ1n) is 6.40. The summed E-state index contributed by atoms with van der Waals surface area (Å²) in [6.45, 7) is 2.64. The second-order valence-corrected chi connectivity index (χ2v) is 5.42. The van der Waals surface area contributed by atoms with Crippen LogP contribution in [-0.4, -0.2) is 26.5 Å². The van der Waals surface area contributed by atoms with Crippen LogP contribution in [0, 0.1) is 5.92 Å². The van der Waals surface area contributed by atoms with Crippen LogP contribution >= 0.6 is 11.6 Å². The molecule has 1 aromatic carbocycles. The number of benzene rings is 1. The average Bonchev–Trinajstić information content (AvgIpc) is 2.35. The third kappa shape index (κ3) is 5.09. The number of hydrogen-bond donors (Lipinski definition) is 2. The summed E-state index contributed by atoms with van der Waals surface area (Å²) < 4.78 is 0. The van der Waals surface area contributed by atoms with E-state index in [1.54, 1.807) is 6.07 Å². The maximum absolute atomic E-state index is 11.9. The van der Waals surface area contributed by atoms with Gasteiger partial charge >= 0.3 is 0 Å². The van der Waals surface area contributed by atoms with Crippen molar-refractivity contribution in [1.29, 1.82) is 0 Å². The molecule has 0 fully saturated rings. The smallest absolute Gasteiger partial charge is 0.224 e. The molecular weight excluding hydrogens is 262 g/mol. The first-order valence-corrected chi connectivity index (χ1v) is 6.78. The third-order valence-corrected chi connectivity index (χ3v) is 3.22. The van der Waals surface area contributed by atoms with Crippen molar-refractivity contribution >= 4 is 28.9 Å². The van der Waals surface area contributed by atoms with E-state index < -0.39 is 0 Å². The summed E-state index contributed by atoms with van der Waals surface area (Å²) >= 11 is 5.97. The van der Waals surface area contributed by atoms with Crippen molar-refractivity contribution in [1.82, 2.24) is 0 Å². The predicted molar refractivity (Wildman–Crippen MR) is 81.9 cm³/mol. The monoisotopic (exact) mass is 283 g/mol. The van der Waals surface area contributed by atoms with Gasteiger partial charge in [-0.1, -0.05) is 18.5 Å². The summed E-state index contributed by atoms with van der Waals surface area (Å²) in [6.07, 6.45) is 1.26. The van der Waals surface area contributed by atoms with Crippen molar-refractivity contribution in [3.63, 3.8) is 0 Å². The van der Waals surface area contributed by atoms with E-state index in [9.17, 15) is 4.79 Å². The van der Waals surface area contributed by atoms with E-state index in [1.807, 2.05) is 38.1 Å². The van der Waals surface area contributed by atoms with E-state index >= 15 is 0 Å². The van der Waals surface area contributed by atoms with Gasteiger partial charge in [0, 0.05) is 25.5 Å². The zero-order valence-corrected chi connectivity index (χ0v) is 12.5. The zero-order chi connectivity index (χ0) is 14.4. The fourth-order valence-corrected chi connectivity index (χ4v) is 1.88. The second-order valence-electron chi connectivity index (χ2n) is 4.98. The minimum absolute atomic E-state index is 0.00864. The fraction of sp³-hybridized carbons (Fsp3) is 0.500. The number of carbonyl (C=O) groups is 1. The summed E-state index contributed by atoms with van der Waals surface area (Å²) in [5.41, 5.74) is 7.21. The Morgan fingerprint density at radius 1 is 1.47 bits per heavy atom. The molecule has 0 saturated heterocycles. The highest BCUT2D eigenvalue weighted by molar-refractivity contribution is 6.31. The lowest BCUT2D eigenvalue weighted by Crippen LogP contribution is -2.18. The van der Waals surface area contributed by atoms with Crippen molar-refractivity contribution < 1.29 is 4.79 Å². The maximum Gasteiger partial charge on any atom is 0.224 e. The lowest BCUT2D eigenvalue weighted by atomic mass is 10.1. The van der Waals surface area contributed by atoms with Crippen LogP contribution in [0.4, 0.5) is 11.4 Å². The molecule has 0 aromatic heterocycles. The Morgan fingerprint density at radius 2 is 2.16 bits per heavy atom.